The average molecular weight is 378 g/mol. The Labute approximate surface area is 153 Å². The summed E-state index contributed by atoms with van der Waals surface area (Å²) >= 11 is 12.4. The number of halogens is 2. The average Bonchev–Trinajstić information content (AvgIpc) is 2.94. The molecule has 4 rings (SSSR count). The van der Waals surface area contributed by atoms with Crippen LogP contribution in [0.5, 0.6) is 17.2 Å². The zero-order chi connectivity index (χ0) is 17.6. The van der Waals surface area contributed by atoms with E-state index in [1.54, 1.807) is 19.2 Å². The number of ether oxygens (including phenoxy) is 3. The van der Waals surface area contributed by atoms with E-state index in [1.165, 1.54) is 6.33 Å². The molecule has 128 valence electrons. The lowest BCUT2D eigenvalue weighted by molar-refractivity contribution is 0.0679. The maximum atomic E-state index is 6.28. The van der Waals surface area contributed by atoms with Crippen LogP contribution in [0.3, 0.4) is 0 Å². The van der Waals surface area contributed by atoms with Gasteiger partial charge in [-0.15, -0.1) is 0 Å². The van der Waals surface area contributed by atoms with Crippen molar-refractivity contribution in [3.05, 3.63) is 40.6 Å². The Bertz CT molecular complexity index is 981. The largest absolute Gasteiger partial charge is 0.495 e. The molecule has 3 aromatic rings. The number of aromatic nitrogens is 2. The van der Waals surface area contributed by atoms with Crippen molar-refractivity contribution in [3.63, 3.8) is 0 Å². The first-order valence-electron chi connectivity index (χ1n) is 7.47. The summed E-state index contributed by atoms with van der Waals surface area (Å²) in [5.74, 6) is 2.41. The first-order valence-corrected chi connectivity index (χ1v) is 8.23. The van der Waals surface area contributed by atoms with Gasteiger partial charge in [0.25, 0.3) is 0 Å². The fraction of sp³-hybridized carbons (Fsp3) is 0.176. The molecule has 25 heavy (non-hydrogen) atoms. The Kier molecular flexibility index (Phi) is 3.94. The summed E-state index contributed by atoms with van der Waals surface area (Å²) in [6.45, 7) is 1.83. The predicted octanol–water partition coefficient (Wildman–Crippen LogP) is 4.81. The third kappa shape index (κ3) is 2.88. The third-order valence-electron chi connectivity index (χ3n) is 3.78. The van der Waals surface area contributed by atoms with Gasteiger partial charge in [-0.3, -0.25) is 0 Å². The van der Waals surface area contributed by atoms with Crippen LogP contribution in [-0.4, -0.2) is 23.4 Å². The molecule has 0 aliphatic carbocycles. The van der Waals surface area contributed by atoms with E-state index in [-0.39, 0.29) is 6.29 Å². The number of anilines is 2. The summed E-state index contributed by atoms with van der Waals surface area (Å²) in [4.78, 5) is 8.61. The van der Waals surface area contributed by atoms with E-state index in [0.29, 0.717) is 38.8 Å². The minimum Gasteiger partial charge on any atom is -0.495 e. The lowest BCUT2D eigenvalue weighted by atomic mass is 10.2. The normalized spacial score (nSPS) is 15.4. The smallest absolute Gasteiger partial charge is 0.238 e. The second-order valence-electron chi connectivity index (χ2n) is 5.43. The lowest BCUT2D eigenvalue weighted by Crippen LogP contribution is -2.11. The van der Waals surface area contributed by atoms with Crippen molar-refractivity contribution in [1.29, 1.82) is 0 Å². The van der Waals surface area contributed by atoms with E-state index in [1.807, 2.05) is 19.1 Å². The lowest BCUT2D eigenvalue weighted by Gasteiger charge is -2.12. The number of hydrogen-bond donors (Lipinski definition) is 1. The number of nitrogens with one attached hydrogen (secondary N) is 1. The molecule has 0 saturated carbocycles. The van der Waals surface area contributed by atoms with Crippen LogP contribution in [0.2, 0.25) is 10.0 Å². The van der Waals surface area contributed by atoms with Crippen LogP contribution in [0.25, 0.3) is 10.9 Å². The fourth-order valence-electron chi connectivity index (χ4n) is 2.64. The zero-order valence-corrected chi connectivity index (χ0v) is 14.9. The van der Waals surface area contributed by atoms with Crippen molar-refractivity contribution >= 4 is 45.6 Å². The SMILES string of the molecule is COc1cc(Nc2ncnc3cc4c(cc23)OC(C)O4)c(Cl)cc1Cl. The van der Waals surface area contributed by atoms with Crippen molar-refractivity contribution in [1.82, 2.24) is 9.97 Å². The van der Waals surface area contributed by atoms with Gasteiger partial charge in [-0.25, -0.2) is 9.97 Å². The first-order chi connectivity index (χ1) is 12.0. The summed E-state index contributed by atoms with van der Waals surface area (Å²) in [5, 5.41) is 4.87. The molecule has 0 spiro atoms. The van der Waals surface area contributed by atoms with Crippen molar-refractivity contribution in [3.8, 4) is 17.2 Å². The number of benzene rings is 2. The Morgan fingerprint density at radius 2 is 1.80 bits per heavy atom. The number of methoxy groups -OCH3 is 1. The monoisotopic (exact) mass is 377 g/mol. The van der Waals surface area contributed by atoms with Gasteiger partial charge in [0.05, 0.1) is 28.4 Å². The fourth-order valence-corrected chi connectivity index (χ4v) is 3.15. The van der Waals surface area contributed by atoms with Crippen LogP contribution in [0, 0.1) is 0 Å². The molecule has 0 bridgehead atoms. The highest BCUT2D eigenvalue weighted by Crippen LogP contribution is 2.40. The number of rotatable bonds is 3. The van der Waals surface area contributed by atoms with Gasteiger partial charge < -0.3 is 19.5 Å². The molecule has 2 aromatic carbocycles. The molecule has 8 heteroatoms. The van der Waals surface area contributed by atoms with Gasteiger partial charge in [0.15, 0.2) is 11.5 Å². The Morgan fingerprint density at radius 1 is 1.04 bits per heavy atom. The van der Waals surface area contributed by atoms with Gasteiger partial charge in [0, 0.05) is 24.4 Å². The Hall–Kier alpha value is -2.44. The van der Waals surface area contributed by atoms with Gasteiger partial charge in [-0.1, -0.05) is 23.2 Å². The first kappa shape index (κ1) is 16.1. The number of nitrogens with zero attached hydrogens (tertiary/aromatic N) is 2. The molecule has 1 atom stereocenters. The molecule has 1 aliphatic heterocycles. The van der Waals surface area contributed by atoms with E-state index < -0.39 is 0 Å². The van der Waals surface area contributed by atoms with Crippen LogP contribution in [0.4, 0.5) is 11.5 Å². The van der Waals surface area contributed by atoms with Crippen LogP contribution in [0.15, 0.2) is 30.6 Å². The van der Waals surface area contributed by atoms with Crippen molar-refractivity contribution in [2.24, 2.45) is 0 Å². The molecule has 0 fully saturated rings. The molecular formula is C17H13Cl2N3O3. The third-order valence-corrected chi connectivity index (χ3v) is 4.39. The molecular weight excluding hydrogens is 365 g/mol. The highest BCUT2D eigenvalue weighted by molar-refractivity contribution is 6.37. The van der Waals surface area contributed by atoms with E-state index in [0.717, 1.165) is 10.9 Å². The molecule has 1 aromatic heterocycles. The van der Waals surface area contributed by atoms with Gasteiger partial charge in [-0.05, 0) is 12.1 Å². The van der Waals surface area contributed by atoms with Gasteiger partial charge in [-0.2, -0.15) is 0 Å². The molecule has 0 amide bonds. The molecule has 6 nitrogen and oxygen atoms in total. The highest BCUT2D eigenvalue weighted by Gasteiger charge is 2.22. The van der Waals surface area contributed by atoms with Gasteiger partial charge in [0.1, 0.15) is 17.9 Å². The number of fused-ring (bicyclic) bond motifs is 2. The van der Waals surface area contributed by atoms with Crippen LogP contribution >= 0.6 is 23.2 Å². The van der Waals surface area contributed by atoms with E-state index in [9.17, 15) is 0 Å². The van der Waals surface area contributed by atoms with Gasteiger partial charge >= 0.3 is 0 Å². The van der Waals surface area contributed by atoms with Crippen LogP contribution < -0.4 is 19.5 Å². The molecule has 1 N–H and O–H groups in total. The predicted molar refractivity (Wildman–Crippen MR) is 96.6 cm³/mol. The summed E-state index contributed by atoms with van der Waals surface area (Å²) in [6.07, 6.45) is 1.14. The second-order valence-corrected chi connectivity index (χ2v) is 6.25. The van der Waals surface area contributed by atoms with Crippen LogP contribution in [0.1, 0.15) is 6.92 Å². The Morgan fingerprint density at radius 3 is 2.56 bits per heavy atom. The van der Waals surface area contributed by atoms with Crippen molar-refractivity contribution in [2.45, 2.75) is 13.2 Å². The molecule has 0 saturated heterocycles. The highest BCUT2D eigenvalue weighted by atomic mass is 35.5. The summed E-state index contributed by atoms with van der Waals surface area (Å²) in [6, 6.07) is 7.00. The molecule has 1 unspecified atom stereocenters. The summed E-state index contributed by atoms with van der Waals surface area (Å²) in [5.41, 5.74) is 1.35. The minimum absolute atomic E-state index is 0.328. The van der Waals surface area contributed by atoms with Gasteiger partial charge in [0.2, 0.25) is 6.29 Å². The van der Waals surface area contributed by atoms with E-state index in [2.05, 4.69) is 15.3 Å². The van der Waals surface area contributed by atoms with Crippen LogP contribution in [-0.2, 0) is 0 Å². The van der Waals surface area contributed by atoms with E-state index in [4.69, 9.17) is 37.4 Å². The number of hydrogen-bond acceptors (Lipinski definition) is 6. The summed E-state index contributed by atoms with van der Waals surface area (Å²) < 4.78 is 16.4. The molecule has 2 heterocycles. The molecule has 1 aliphatic rings. The minimum atomic E-state index is -0.328. The second kappa shape index (κ2) is 6.13. The quantitative estimate of drug-likeness (QED) is 0.706. The van der Waals surface area contributed by atoms with E-state index >= 15 is 0 Å². The molecule has 0 radical (unpaired) electrons. The zero-order valence-electron chi connectivity index (χ0n) is 13.3. The maximum Gasteiger partial charge on any atom is 0.238 e. The van der Waals surface area contributed by atoms with Crippen molar-refractivity contribution < 1.29 is 14.2 Å². The topological polar surface area (TPSA) is 65.5 Å². The maximum absolute atomic E-state index is 6.28. The standard InChI is InChI=1S/C17H13Cl2N3O3/c1-8-24-15-3-9-12(5-16(15)25-8)20-7-21-17(9)22-13-6-14(23-2)11(19)4-10(13)18/h3-8H,1-2H3,(H,20,21,22). The summed E-state index contributed by atoms with van der Waals surface area (Å²) in [7, 11) is 1.54. The Balaban J connectivity index is 1.79. The van der Waals surface area contributed by atoms with Crippen molar-refractivity contribution in [2.75, 3.05) is 12.4 Å².